The third-order valence-corrected chi connectivity index (χ3v) is 8.33. The molecule has 2 amide bonds. The van der Waals surface area contributed by atoms with Crippen LogP contribution in [0.15, 0.2) is 41.7 Å². The first-order valence-electron chi connectivity index (χ1n) is 12.9. The molecule has 0 bridgehead atoms. The molecule has 6 rings (SSSR count). The Hall–Kier alpha value is -2.73. The Morgan fingerprint density at radius 2 is 1.91 bits per heavy atom. The van der Waals surface area contributed by atoms with Gasteiger partial charge in [0.05, 0.1) is 5.02 Å². The number of carbonyl (C=O) groups is 2. The molecule has 2 aliphatic heterocycles. The average molecular weight is 491 g/mol. The van der Waals surface area contributed by atoms with Crippen LogP contribution in [-0.2, 0) is 9.59 Å². The maximum absolute atomic E-state index is 13.8. The molecular formula is C28H31ClN4O2. The molecule has 35 heavy (non-hydrogen) atoms. The van der Waals surface area contributed by atoms with Gasteiger partial charge in [0.15, 0.2) is 0 Å². The number of pyridine rings is 1. The number of halogens is 1. The van der Waals surface area contributed by atoms with Gasteiger partial charge in [-0.05, 0) is 62.1 Å². The van der Waals surface area contributed by atoms with Crippen molar-refractivity contribution >= 4 is 29.3 Å². The molecule has 4 aliphatic rings. The number of amides is 2. The molecule has 0 N–H and O–H groups in total. The Morgan fingerprint density at radius 1 is 1.11 bits per heavy atom. The molecule has 3 heterocycles. The normalized spacial score (nSPS) is 23.4. The highest BCUT2D eigenvalue weighted by Gasteiger charge is 2.51. The highest BCUT2D eigenvalue weighted by molar-refractivity contribution is 6.30. The van der Waals surface area contributed by atoms with Gasteiger partial charge in [-0.3, -0.25) is 24.5 Å². The molecule has 1 spiro atoms. The Bertz CT molecular complexity index is 1220. The molecule has 0 radical (unpaired) electrons. The zero-order valence-electron chi connectivity index (χ0n) is 20.2. The van der Waals surface area contributed by atoms with Crippen molar-refractivity contribution in [3.05, 3.63) is 52.8 Å². The van der Waals surface area contributed by atoms with E-state index in [1.165, 1.54) is 0 Å². The van der Waals surface area contributed by atoms with Gasteiger partial charge in [-0.1, -0.05) is 42.6 Å². The average Bonchev–Trinajstić information content (AvgIpc) is 3.30. The second-order valence-electron chi connectivity index (χ2n) is 10.7. The maximum Gasteiger partial charge on any atom is 0.256 e. The summed E-state index contributed by atoms with van der Waals surface area (Å²) in [5.41, 5.74) is 3.49. The van der Waals surface area contributed by atoms with Gasteiger partial charge in [0.2, 0.25) is 5.91 Å². The van der Waals surface area contributed by atoms with Crippen molar-refractivity contribution in [2.24, 2.45) is 16.8 Å². The van der Waals surface area contributed by atoms with Crippen molar-refractivity contribution in [1.29, 1.82) is 0 Å². The molecule has 6 nitrogen and oxygen atoms in total. The smallest absolute Gasteiger partial charge is 0.256 e. The lowest BCUT2D eigenvalue weighted by Crippen LogP contribution is -2.44. The molecule has 1 saturated heterocycles. The first kappa shape index (κ1) is 22.7. The van der Waals surface area contributed by atoms with Crippen molar-refractivity contribution < 1.29 is 9.59 Å². The topological polar surface area (TPSA) is 65.9 Å². The van der Waals surface area contributed by atoms with Crippen LogP contribution >= 0.6 is 11.6 Å². The lowest BCUT2D eigenvalue weighted by Gasteiger charge is -2.26. The summed E-state index contributed by atoms with van der Waals surface area (Å²) in [5.74, 6) is 1.80. The van der Waals surface area contributed by atoms with Gasteiger partial charge >= 0.3 is 0 Å². The number of benzene rings is 1. The van der Waals surface area contributed by atoms with E-state index >= 15 is 0 Å². The van der Waals surface area contributed by atoms with E-state index in [4.69, 9.17) is 16.6 Å². The molecule has 2 aliphatic carbocycles. The summed E-state index contributed by atoms with van der Waals surface area (Å²) in [7, 11) is 0. The van der Waals surface area contributed by atoms with Crippen LogP contribution in [0.1, 0.15) is 56.1 Å². The summed E-state index contributed by atoms with van der Waals surface area (Å²) in [5, 5.41) is 0.607. The Labute approximate surface area is 211 Å². The SMILES string of the molecule is Cc1cc(-c2cncc(Cl)c2)ccc1C1=NC2(CCCC2)C(=O)N1C[C@@H]1CCN(C(=O)C2CC2)C1. The Kier molecular flexibility index (Phi) is 5.67. The van der Waals surface area contributed by atoms with Gasteiger partial charge in [0, 0.05) is 49.1 Å². The molecule has 2 aromatic rings. The van der Waals surface area contributed by atoms with Crippen molar-refractivity contribution in [3.8, 4) is 11.1 Å². The van der Waals surface area contributed by atoms with Crippen LogP contribution in [0.3, 0.4) is 0 Å². The molecule has 182 valence electrons. The van der Waals surface area contributed by atoms with E-state index in [9.17, 15) is 9.59 Å². The number of rotatable bonds is 5. The monoisotopic (exact) mass is 490 g/mol. The number of carbonyl (C=O) groups excluding carboxylic acids is 2. The molecular weight excluding hydrogens is 460 g/mol. The molecule has 2 saturated carbocycles. The molecule has 1 aromatic carbocycles. The minimum Gasteiger partial charge on any atom is -0.342 e. The molecule has 1 atom stereocenters. The molecule has 7 heteroatoms. The van der Waals surface area contributed by atoms with E-state index in [2.05, 4.69) is 30.1 Å². The van der Waals surface area contributed by atoms with E-state index < -0.39 is 5.54 Å². The summed E-state index contributed by atoms with van der Waals surface area (Å²) >= 11 is 6.15. The largest absolute Gasteiger partial charge is 0.342 e. The number of hydrogen-bond donors (Lipinski definition) is 0. The third-order valence-electron chi connectivity index (χ3n) is 8.12. The number of likely N-dealkylation sites (tertiary alicyclic amines) is 1. The summed E-state index contributed by atoms with van der Waals surface area (Å²) < 4.78 is 0. The highest BCUT2D eigenvalue weighted by Crippen LogP contribution is 2.41. The van der Waals surface area contributed by atoms with Gasteiger partial charge < -0.3 is 4.90 Å². The van der Waals surface area contributed by atoms with E-state index in [1.807, 2.05) is 22.1 Å². The van der Waals surface area contributed by atoms with Crippen LogP contribution < -0.4 is 0 Å². The summed E-state index contributed by atoms with van der Waals surface area (Å²) in [6.45, 7) is 4.26. The summed E-state index contributed by atoms with van der Waals surface area (Å²) in [6, 6.07) is 8.18. The van der Waals surface area contributed by atoms with Crippen LogP contribution in [0.4, 0.5) is 0 Å². The molecule has 0 unspecified atom stereocenters. The quantitative estimate of drug-likeness (QED) is 0.600. The van der Waals surface area contributed by atoms with Gasteiger partial charge in [-0.25, -0.2) is 0 Å². The van der Waals surface area contributed by atoms with Crippen LogP contribution in [0, 0.1) is 18.8 Å². The Balaban J connectivity index is 1.28. The van der Waals surface area contributed by atoms with Crippen molar-refractivity contribution in [1.82, 2.24) is 14.8 Å². The maximum atomic E-state index is 13.8. The van der Waals surface area contributed by atoms with Gasteiger partial charge in [0.1, 0.15) is 11.4 Å². The van der Waals surface area contributed by atoms with Crippen LogP contribution in [0.2, 0.25) is 5.02 Å². The number of aryl methyl sites for hydroxylation is 1. The predicted octanol–water partition coefficient (Wildman–Crippen LogP) is 4.87. The predicted molar refractivity (Wildman–Crippen MR) is 136 cm³/mol. The van der Waals surface area contributed by atoms with Crippen LogP contribution in [-0.4, -0.2) is 57.6 Å². The van der Waals surface area contributed by atoms with E-state index in [0.717, 1.165) is 86.1 Å². The zero-order chi connectivity index (χ0) is 24.2. The lowest BCUT2D eigenvalue weighted by atomic mass is 9.97. The van der Waals surface area contributed by atoms with Gasteiger partial charge in [-0.15, -0.1) is 0 Å². The second-order valence-corrected chi connectivity index (χ2v) is 11.2. The van der Waals surface area contributed by atoms with Crippen LogP contribution in [0.5, 0.6) is 0 Å². The highest BCUT2D eigenvalue weighted by atomic mass is 35.5. The van der Waals surface area contributed by atoms with Crippen LogP contribution in [0.25, 0.3) is 11.1 Å². The van der Waals surface area contributed by atoms with E-state index in [0.29, 0.717) is 23.4 Å². The number of nitrogens with zero attached hydrogens (tertiary/aromatic N) is 4. The van der Waals surface area contributed by atoms with Crippen molar-refractivity contribution in [3.63, 3.8) is 0 Å². The van der Waals surface area contributed by atoms with Crippen molar-refractivity contribution in [2.75, 3.05) is 19.6 Å². The fourth-order valence-corrected chi connectivity index (χ4v) is 6.19. The Morgan fingerprint density at radius 3 is 2.63 bits per heavy atom. The third kappa shape index (κ3) is 4.16. The lowest BCUT2D eigenvalue weighted by molar-refractivity contribution is -0.131. The van der Waals surface area contributed by atoms with E-state index in [1.54, 1.807) is 6.20 Å². The summed E-state index contributed by atoms with van der Waals surface area (Å²) in [6.07, 6.45) is 10.2. The number of amidine groups is 1. The fraction of sp³-hybridized carbons (Fsp3) is 0.500. The standard InChI is InChI=1S/C28H31ClN4O2/c1-18-12-21(22-13-23(29)15-30-14-22)6-7-24(18)25-31-28(9-2-3-10-28)27(35)33(25)17-19-8-11-32(16-19)26(34)20-4-5-20/h6-7,12-15,19-20H,2-5,8-11,16-17H2,1H3/t19-/m1/s1. The molecule has 1 aromatic heterocycles. The minimum atomic E-state index is -0.598. The van der Waals surface area contributed by atoms with Gasteiger partial charge in [-0.2, -0.15) is 0 Å². The van der Waals surface area contributed by atoms with Crippen molar-refractivity contribution in [2.45, 2.75) is 57.4 Å². The minimum absolute atomic E-state index is 0.152. The fourth-order valence-electron chi connectivity index (χ4n) is 6.01. The first-order chi connectivity index (χ1) is 16.9. The number of aliphatic imine (C=N–C) groups is 1. The van der Waals surface area contributed by atoms with Gasteiger partial charge in [0.25, 0.3) is 5.91 Å². The number of aromatic nitrogens is 1. The summed E-state index contributed by atoms with van der Waals surface area (Å²) in [4.78, 5) is 39.7. The number of hydrogen-bond acceptors (Lipinski definition) is 4. The van der Waals surface area contributed by atoms with E-state index in [-0.39, 0.29) is 11.8 Å². The molecule has 3 fully saturated rings. The second kappa shape index (κ2) is 8.74. The zero-order valence-corrected chi connectivity index (χ0v) is 20.9. The first-order valence-corrected chi connectivity index (χ1v) is 13.2.